The lowest BCUT2D eigenvalue weighted by molar-refractivity contribution is -0.384. The van der Waals surface area contributed by atoms with Crippen LogP contribution >= 0.6 is 0 Å². The van der Waals surface area contributed by atoms with Crippen molar-refractivity contribution < 1.29 is 9.72 Å². The van der Waals surface area contributed by atoms with Gasteiger partial charge in [-0.25, -0.2) is 0 Å². The van der Waals surface area contributed by atoms with Crippen LogP contribution in [-0.2, 0) is 0 Å². The van der Waals surface area contributed by atoms with Gasteiger partial charge in [0.25, 0.3) is 11.6 Å². The number of benzene rings is 1. The maximum atomic E-state index is 11.5. The molecule has 0 heterocycles. The van der Waals surface area contributed by atoms with Gasteiger partial charge in [-0.05, 0) is 31.5 Å². The van der Waals surface area contributed by atoms with E-state index >= 15 is 0 Å². The molecular formula is C12H18N4O3. The van der Waals surface area contributed by atoms with E-state index in [4.69, 9.17) is 5.73 Å². The zero-order chi connectivity index (χ0) is 14.3. The number of carbonyl (C=O) groups excluding carboxylic acids is 1. The lowest BCUT2D eigenvalue weighted by Gasteiger charge is -2.08. The molecule has 0 aliphatic carbocycles. The molecule has 0 atom stereocenters. The Labute approximate surface area is 111 Å². The van der Waals surface area contributed by atoms with Crippen LogP contribution in [0.2, 0.25) is 0 Å². The number of anilines is 1. The van der Waals surface area contributed by atoms with Crippen molar-refractivity contribution in [3.05, 3.63) is 33.9 Å². The highest BCUT2D eigenvalue weighted by Crippen LogP contribution is 2.25. The normalized spacial score (nSPS) is 10.0. The molecule has 0 unspecified atom stereocenters. The van der Waals surface area contributed by atoms with Gasteiger partial charge >= 0.3 is 0 Å². The molecule has 0 saturated heterocycles. The Morgan fingerprint density at radius 2 is 2.16 bits per heavy atom. The van der Waals surface area contributed by atoms with Crippen LogP contribution < -0.4 is 16.4 Å². The molecule has 1 aromatic carbocycles. The molecule has 0 saturated carbocycles. The molecular weight excluding hydrogens is 248 g/mol. The lowest BCUT2D eigenvalue weighted by Crippen LogP contribution is -2.18. The van der Waals surface area contributed by atoms with Crippen molar-refractivity contribution >= 4 is 17.3 Å². The highest BCUT2D eigenvalue weighted by atomic mass is 16.6. The first kappa shape index (κ1) is 14.9. The molecule has 0 aliphatic rings. The monoisotopic (exact) mass is 266 g/mol. The van der Waals surface area contributed by atoms with Gasteiger partial charge in [0.15, 0.2) is 0 Å². The van der Waals surface area contributed by atoms with E-state index in [1.165, 1.54) is 25.2 Å². The lowest BCUT2D eigenvalue weighted by atomic mass is 10.1. The average molecular weight is 266 g/mol. The van der Waals surface area contributed by atoms with Crippen molar-refractivity contribution in [1.29, 1.82) is 0 Å². The van der Waals surface area contributed by atoms with Gasteiger partial charge in [-0.1, -0.05) is 0 Å². The summed E-state index contributed by atoms with van der Waals surface area (Å²) in [7, 11) is 1.51. The summed E-state index contributed by atoms with van der Waals surface area (Å²) in [6.45, 7) is 1.16. The first-order valence-electron chi connectivity index (χ1n) is 6.04. The minimum absolute atomic E-state index is 0.0413. The Hall–Kier alpha value is -2.15. The van der Waals surface area contributed by atoms with E-state index in [0.29, 0.717) is 24.3 Å². The van der Waals surface area contributed by atoms with E-state index in [-0.39, 0.29) is 11.6 Å². The number of rotatable bonds is 7. The molecule has 0 aromatic heterocycles. The van der Waals surface area contributed by atoms with E-state index in [0.717, 1.165) is 12.8 Å². The molecule has 7 nitrogen and oxygen atoms in total. The summed E-state index contributed by atoms with van der Waals surface area (Å²) in [5.41, 5.74) is 6.07. The van der Waals surface area contributed by atoms with Crippen molar-refractivity contribution in [3.8, 4) is 0 Å². The van der Waals surface area contributed by atoms with Crippen LogP contribution in [0.15, 0.2) is 18.2 Å². The first-order valence-corrected chi connectivity index (χ1v) is 6.04. The predicted octanol–water partition coefficient (Wildman–Crippen LogP) is 1.11. The summed E-state index contributed by atoms with van der Waals surface area (Å²) in [5, 5.41) is 16.4. The summed E-state index contributed by atoms with van der Waals surface area (Å²) in [6, 6.07) is 4.25. The second kappa shape index (κ2) is 7.32. The van der Waals surface area contributed by atoms with Crippen LogP contribution in [0.5, 0.6) is 0 Å². The average Bonchev–Trinajstić information content (AvgIpc) is 2.42. The largest absolute Gasteiger partial charge is 0.379 e. The van der Waals surface area contributed by atoms with Crippen molar-refractivity contribution in [1.82, 2.24) is 5.32 Å². The van der Waals surface area contributed by atoms with Crippen molar-refractivity contribution in [3.63, 3.8) is 0 Å². The van der Waals surface area contributed by atoms with E-state index < -0.39 is 4.92 Å². The Morgan fingerprint density at radius 3 is 2.74 bits per heavy atom. The number of nitrogens with one attached hydrogen (secondary N) is 2. The van der Waals surface area contributed by atoms with Gasteiger partial charge < -0.3 is 16.4 Å². The first-order chi connectivity index (χ1) is 9.10. The molecule has 1 aromatic rings. The maximum Gasteiger partial charge on any atom is 0.292 e. The number of nitro benzene ring substituents is 1. The van der Waals surface area contributed by atoms with Crippen LogP contribution in [0.25, 0.3) is 0 Å². The van der Waals surface area contributed by atoms with Crippen LogP contribution in [0, 0.1) is 10.1 Å². The van der Waals surface area contributed by atoms with Gasteiger partial charge in [0, 0.05) is 25.2 Å². The van der Waals surface area contributed by atoms with E-state index in [9.17, 15) is 14.9 Å². The molecule has 0 fully saturated rings. The second-order valence-corrected chi connectivity index (χ2v) is 3.99. The summed E-state index contributed by atoms with van der Waals surface area (Å²) in [6.07, 6.45) is 1.66. The fourth-order valence-corrected chi connectivity index (χ4v) is 1.61. The van der Waals surface area contributed by atoms with Crippen LogP contribution in [0.1, 0.15) is 23.2 Å². The van der Waals surface area contributed by atoms with Crippen molar-refractivity contribution in [2.24, 2.45) is 5.73 Å². The van der Waals surface area contributed by atoms with Crippen molar-refractivity contribution in [2.45, 2.75) is 12.8 Å². The highest BCUT2D eigenvalue weighted by Gasteiger charge is 2.15. The Bertz CT molecular complexity index is 462. The molecule has 0 radical (unpaired) electrons. The molecule has 19 heavy (non-hydrogen) atoms. The third-order valence-corrected chi connectivity index (χ3v) is 2.63. The van der Waals surface area contributed by atoms with Crippen molar-refractivity contribution in [2.75, 3.05) is 25.5 Å². The summed E-state index contributed by atoms with van der Waals surface area (Å²) >= 11 is 0. The summed E-state index contributed by atoms with van der Waals surface area (Å²) in [4.78, 5) is 21.9. The number of nitro groups is 1. The topological polar surface area (TPSA) is 110 Å². The maximum absolute atomic E-state index is 11.5. The third-order valence-electron chi connectivity index (χ3n) is 2.63. The molecule has 0 spiro atoms. The van der Waals surface area contributed by atoms with Crippen LogP contribution in [0.4, 0.5) is 11.4 Å². The fraction of sp³-hybridized carbons (Fsp3) is 0.417. The van der Waals surface area contributed by atoms with Gasteiger partial charge in [0.2, 0.25) is 0 Å². The predicted molar refractivity (Wildman–Crippen MR) is 73.3 cm³/mol. The number of hydrogen-bond acceptors (Lipinski definition) is 5. The number of nitrogens with two attached hydrogens (primary N) is 1. The molecule has 0 aliphatic heterocycles. The number of carbonyl (C=O) groups is 1. The van der Waals surface area contributed by atoms with E-state index in [1.54, 1.807) is 0 Å². The van der Waals surface area contributed by atoms with E-state index in [2.05, 4.69) is 10.6 Å². The van der Waals surface area contributed by atoms with Gasteiger partial charge in [0.05, 0.1) is 4.92 Å². The minimum atomic E-state index is -0.473. The van der Waals surface area contributed by atoms with Gasteiger partial charge in [-0.3, -0.25) is 14.9 Å². The summed E-state index contributed by atoms with van der Waals surface area (Å²) < 4.78 is 0. The second-order valence-electron chi connectivity index (χ2n) is 3.99. The molecule has 1 amide bonds. The number of hydrogen-bond donors (Lipinski definition) is 3. The molecule has 1 rings (SSSR count). The van der Waals surface area contributed by atoms with E-state index in [1.807, 2.05) is 0 Å². The molecule has 4 N–H and O–H groups in total. The fourth-order valence-electron chi connectivity index (χ4n) is 1.61. The van der Waals surface area contributed by atoms with Gasteiger partial charge in [-0.2, -0.15) is 0 Å². The van der Waals surface area contributed by atoms with Crippen LogP contribution in [-0.4, -0.2) is 31.0 Å². The number of amides is 1. The zero-order valence-corrected chi connectivity index (χ0v) is 10.8. The molecule has 0 bridgehead atoms. The summed E-state index contributed by atoms with van der Waals surface area (Å²) in [5.74, 6) is -0.278. The molecule has 7 heteroatoms. The SMILES string of the molecule is CNC(=O)c1ccc([N+](=O)[O-])c(NCCCCN)c1. The number of unbranched alkanes of at least 4 members (excludes halogenated alkanes) is 1. The highest BCUT2D eigenvalue weighted by molar-refractivity contribution is 5.95. The minimum Gasteiger partial charge on any atom is -0.379 e. The zero-order valence-electron chi connectivity index (χ0n) is 10.8. The smallest absolute Gasteiger partial charge is 0.292 e. The Morgan fingerprint density at radius 1 is 1.42 bits per heavy atom. The molecule has 104 valence electrons. The van der Waals surface area contributed by atoms with Gasteiger partial charge in [0.1, 0.15) is 5.69 Å². The third kappa shape index (κ3) is 4.22. The Balaban J connectivity index is 2.89. The Kier molecular flexibility index (Phi) is 5.74. The standard InChI is InChI=1S/C12H18N4O3/c1-14-12(17)9-4-5-11(16(18)19)10(8-9)15-7-3-2-6-13/h4-5,8,15H,2-3,6-7,13H2,1H3,(H,14,17). The number of nitrogens with zero attached hydrogens (tertiary/aromatic N) is 1. The van der Waals surface area contributed by atoms with Crippen LogP contribution in [0.3, 0.4) is 0 Å². The quantitative estimate of drug-likeness (QED) is 0.389. The van der Waals surface area contributed by atoms with Gasteiger partial charge in [-0.15, -0.1) is 0 Å².